The van der Waals surface area contributed by atoms with Crippen LogP contribution >= 0.6 is 0 Å². The van der Waals surface area contributed by atoms with Gasteiger partial charge >= 0.3 is 5.97 Å². The lowest BCUT2D eigenvalue weighted by Gasteiger charge is -2.21. The standard InChI is InChI=1S/C24H28O4/c1-15(24(25)26)23(16-9-10-16)18-6-4-8-21(12-18)28-14-19-13-22(19)17-5-3-7-20(11-17)27-2/h3-8,11-12,15-16,19,22-23H,9-10,13-14H2,1-2H3,(H,25,26). The molecule has 0 spiro atoms. The van der Waals surface area contributed by atoms with Gasteiger partial charge in [-0.15, -0.1) is 0 Å². The molecule has 2 aromatic carbocycles. The van der Waals surface area contributed by atoms with Crippen LogP contribution in [0.2, 0.25) is 0 Å². The van der Waals surface area contributed by atoms with Crippen molar-refractivity contribution in [1.82, 2.24) is 0 Å². The van der Waals surface area contributed by atoms with Crippen LogP contribution in [0.1, 0.15) is 49.1 Å². The van der Waals surface area contributed by atoms with Gasteiger partial charge in [0.25, 0.3) is 0 Å². The van der Waals surface area contributed by atoms with Crippen LogP contribution in [-0.2, 0) is 4.79 Å². The summed E-state index contributed by atoms with van der Waals surface area (Å²) in [6, 6.07) is 16.3. The quantitative estimate of drug-likeness (QED) is 0.658. The van der Waals surface area contributed by atoms with Crippen LogP contribution in [0.3, 0.4) is 0 Å². The second-order valence-electron chi connectivity index (χ2n) is 8.25. The number of methoxy groups -OCH3 is 1. The molecule has 2 fully saturated rings. The molecule has 0 saturated heterocycles. The molecular formula is C24H28O4. The molecule has 2 aliphatic rings. The minimum atomic E-state index is -0.720. The maximum atomic E-state index is 11.5. The SMILES string of the molecule is COc1cccc(C2CC2COc2cccc(C(C3CC3)C(C)C(=O)O)c2)c1. The van der Waals surface area contributed by atoms with Crippen molar-refractivity contribution in [2.75, 3.05) is 13.7 Å². The van der Waals surface area contributed by atoms with E-state index in [1.165, 1.54) is 5.56 Å². The van der Waals surface area contributed by atoms with E-state index in [1.807, 2.05) is 43.3 Å². The molecule has 0 radical (unpaired) electrons. The summed E-state index contributed by atoms with van der Waals surface area (Å²) in [6.07, 6.45) is 3.38. The van der Waals surface area contributed by atoms with E-state index < -0.39 is 5.97 Å². The summed E-state index contributed by atoms with van der Waals surface area (Å²) in [5.41, 5.74) is 2.40. The van der Waals surface area contributed by atoms with Crippen LogP contribution in [0.25, 0.3) is 0 Å². The van der Waals surface area contributed by atoms with E-state index >= 15 is 0 Å². The number of hydrogen-bond acceptors (Lipinski definition) is 3. The van der Waals surface area contributed by atoms with Gasteiger partial charge in [-0.2, -0.15) is 0 Å². The van der Waals surface area contributed by atoms with E-state index in [-0.39, 0.29) is 11.8 Å². The van der Waals surface area contributed by atoms with Crippen molar-refractivity contribution < 1.29 is 19.4 Å². The monoisotopic (exact) mass is 380 g/mol. The number of carboxylic acids is 1. The third-order valence-corrected chi connectivity index (χ3v) is 6.21. The fourth-order valence-electron chi connectivity index (χ4n) is 4.31. The van der Waals surface area contributed by atoms with Gasteiger partial charge in [-0.25, -0.2) is 0 Å². The maximum Gasteiger partial charge on any atom is 0.306 e. The lowest BCUT2D eigenvalue weighted by atomic mass is 9.83. The van der Waals surface area contributed by atoms with E-state index in [2.05, 4.69) is 12.1 Å². The van der Waals surface area contributed by atoms with Gasteiger partial charge in [-0.05, 0) is 72.4 Å². The van der Waals surface area contributed by atoms with Gasteiger partial charge in [-0.3, -0.25) is 4.79 Å². The number of benzene rings is 2. The highest BCUT2D eigenvalue weighted by atomic mass is 16.5. The topological polar surface area (TPSA) is 55.8 Å². The van der Waals surface area contributed by atoms with Crippen molar-refractivity contribution in [2.45, 2.75) is 38.0 Å². The summed E-state index contributed by atoms with van der Waals surface area (Å²) in [4.78, 5) is 11.5. The zero-order valence-electron chi connectivity index (χ0n) is 16.5. The summed E-state index contributed by atoms with van der Waals surface area (Å²) < 4.78 is 11.4. The highest BCUT2D eigenvalue weighted by Gasteiger charge is 2.40. The van der Waals surface area contributed by atoms with Crippen LogP contribution in [0.4, 0.5) is 0 Å². The Bertz CT molecular complexity index is 842. The Morgan fingerprint density at radius 2 is 1.89 bits per heavy atom. The van der Waals surface area contributed by atoms with Crippen molar-refractivity contribution >= 4 is 5.97 Å². The Balaban J connectivity index is 1.38. The van der Waals surface area contributed by atoms with Gasteiger partial charge in [-0.1, -0.05) is 31.2 Å². The Morgan fingerprint density at radius 1 is 1.14 bits per heavy atom. The smallest absolute Gasteiger partial charge is 0.306 e. The first-order valence-corrected chi connectivity index (χ1v) is 10.2. The van der Waals surface area contributed by atoms with Crippen LogP contribution in [0, 0.1) is 17.8 Å². The van der Waals surface area contributed by atoms with Gasteiger partial charge in [0.2, 0.25) is 0 Å². The second kappa shape index (κ2) is 7.86. The molecule has 4 heteroatoms. The number of ether oxygens (including phenoxy) is 2. The van der Waals surface area contributed by atoms with Crippen molar-refractivity contribution in [1.29, 1.82) is 0 Å². The van der Waals surface area contributed by atoms with Crippen molar-refractivity contribution in [2.24, 2.45) is 17.8 Å². The zero-order chi connectivity index (χ0) is 19.7. The number of carbonyl (C=O) groups is 1. The third kappa shape index (κ3) is 4.16. The highest BCUT2D eigenvalue weighted by molar-refractivity contribution is 5.71. The lowest BCUT2D eigenvalue weighted by molar-refractivity contribution is -0.142. The molecule has 4 unspecified atom stereocenters. The summed E-state index contributed by atoms with van der Waals surface area (Å²) in [6.45, 7) is 2.51. The molecule has 4 nitrogen and oxygen atoms in total. The van der Waals surface area contributed by atoms with Gasteiger partial charge in [0.15, 0.2) is 0 Å². The molecule has 28 heavy (non-hydrogen) atoms. The fourth-order valence-corrected chi connectivity index (χ4v) is 4.31. The highest BCUT2D eigenvalue weighted by Crippen LogP contribution is 2.49. The maximum absolute atomic E-state index is 11.5. The largest absolute Gasteiger partial charge is 0.497 e. The lowest BCUT2D eigenvalue weighted by Crippen LogP contribution is -2.20. The minimum Gasteiger partial charge on any atom is -0.497 e. The van der Waals surface area contributed by atoms with Gasteiger partial charge in [0.1, 0.15) is 11.5 Å². The molecular weight excluding hydrogens is 352 g/mol. The van der Waals surface area contributed by atoms with Crippen LogP contribution in [0.5, 0.6) is 11.5 Å². The van der Waals surface area contributed by atoms with Crippen molar-refractivity contribution in [3.63, 3.8) is 0 Å². The van der Waals surface area contributed by atoms with Gasteiger partial charge in [0.05, 0.1) is 19.6 Å². The molecule has 2 aromatic rings. The molecule has 1 N–H and O–H groups in total. The molecule has 0 aliphatic heterocycles. The summed E-state index contributed by atoms with van der Waals surface area (Å²) in [7, 11) is 1.69. The number of hydrogen-bond donors (Lipinski definition) is 1. The molecule has 2 saturated carbocycles. The fraction of sp³-hybridized carbons (Fsp3) is 0.458. The van der Waals surface area contributed by atoms with Gasteiger partial charge in [0, 0.05) is 5.92 Å². The molecule has 148 valence electrons. The Labute approximate surface area is 166 Å². The average Bonchev–Trinajstić information content (AvgIpc) is 3.62. The van der Waals surface area contributed by atoms with E-state index in [0.717, 1.165) is 36.3 Å². The van der Waals surface area contributed by atoms with E-state index in [4.69, 9.17) is 9.47 Å². The number of aliphatic carboxylic acids is 1. The average molecular weight is 380 g/mol. The molecule has 2 aliphatic carbocycles. The summed E-state index contributed by atoms with van der Waals surface area (Å²) in [5.74, 6) is 2.27. The normalized spacial score (nSPS) is 22.9. The zero-order valence-corrected chi connectivity index (χ0v) is 16.5. The molecule has 4 rings (SSSR count). The predicted octanol–water partition coefficient (Wildman–Crippen LogP) is 5.09. The molecule has 0 heterocycles. The summed E-state index contributed by atoms with van der Waals surface area (Å²) in [5, 5.41) is 9.48. The first-order valence-electron chi connectivity index (χ1n) is 10.2. The van der Waals surface area contributed by atoms with E-state index in [1.54, 1.807) is 7.11 Å². The number of rotatable bonds is 9. The molecule has 4 atom stereocenters. The van der Waals surface area contributed by atoms with E-state index in [0.29, 0.717) is 24.4 Å². The Hall–Kier alpha value is -2.49. The number of carboxylic acid groups (broad SMARTS) is 1. The third-order valence-electron chi connectivity index (χ3n) is 6.21. The molecule has 0 bridgehead atoms. The Morgan fingerprint density at radius 3 is 2.61 bits per heavy atom. The first-order chi connectivity index (χ1) is 13.6. The first kappa shape index (κ1) is 18.9. The Kier molecular flexibility index (Phi) is 5.29. The predicted molar refractivity (Wildman–Crippen MR) is 108 cm³/mol. The second-order valence-corrected chi connectivity index (χ2v) is 8.25. The van der Waals surface area contributed by atoms with Crippen molar-refractivity contribution in [3.8, 4) is 11.5 Å². The molecule has 0 aromatic heterocycles. The van der Waals surface area contributed by atoms with Crippen LogP contribution < -0.4 is 9.47 Å². The van der Waals surface area contributed by atoms with Crippen LogP contribution in [-0.4, -0.2) is 24.8 Å². The summed E-state index contributed by atoms with van der Waals surface area (Å²) >= 11 is 0. The van der Waals surface area contributed by atoms with Crippen LogP contribution in [0.15, 0.2) is 48.5 Å². The molecule has 0 amide bonds. The van der Waals surface area contributed by atoms with E-state index in [9.17, 15) is 9.90 Å². The van der Waals surface area contributed by atoms with Gasteiger partial charge < -0.3 is 14.6 Å². The minimum absolute atomic E-state index is 0.0755. The van der Waals surface area contributed by atoms with Crippen molar-refractivity contribution in [3.05, 3.63) is 59.7 Å².